The number of amides is 1. The van der Waals surface area contributed by atoms with E-state index in [1.807, 2.05) is 6.07 Å². The van der Waals surface area contributed by atoms with E-state index in [9.17, 15) is 14.4 Å². The fraction of sp³-hybridized carbons (Fsp3) is 0.200. The van der Waals surface area contributed by atoms with Crippen molar-refractivity contribution < 1.29 is 4.79 Å². The Morgan fingerprint density at radius 2 is 2.00 bits per heavy atom. The number of carbonyl (C=O) groups is 1. The molecule has 2 N–H and O–H groups in total. The van der Waals surface area contributed by atoms with Gasteiger partial charge in [-0.25, -0.2) is 4.79 Å². The van der Waals surface area contributed by atoms with Gasteiger partial charge in [0.2, 0.25) is 5.91 Å². The van der Waals surface area contributed by atoms with Crippen molar-refractivity contribution >= 4 is 5.91 Å². The Morgan fingerprint density at radius 3 is 2.59 bits per heavy atom. The molecule has 112 valence electrons. The summed E-state index contributed by atoms with van der Waals surface area (Å²) in [4.78, 5) is 36.5. The van der Waals surface area contributed by atoms with Crippen LogP contribution in [-0.4, -0.2) is 15.5 Å². The van der Waals surface area contributed by atoms with E-state index in [0.29, 0.717) is 5.56 Å². The van der Waals surface area contributed by atoms with E-state index < -0.39 is 11.2 Å². The van der Waals surface area contributed by atoms with Gasteiger partial charge >= 0.3 is 5.69 Å². The van der Waals surface area contributed by atoms with Crippen LogP contribution in [0.4, 0.5) is 0 Å². The molecule has 2 rings (SSSR count). The van der Waals surface area contributed by atoms with Crippen molar-refractivity contribution in [1.29, 1.82) is 5.26 Å². The molecule has 1 aromatic carbocycles. The van der Waals surface area contributed by atoms with E-state index in [1.54, 1.807) is 31.2 Å². The number of nitriles is 1. The fourth-order valence-corrected chi connectivity index (χ4v) is 1.94. The van der Waals surface area contributed by atoms with Crippen LogP contribution in [0.25, 0.3) is 0 Å². The number of rotatable bonds is 4. The smallest absolute Gasteiger partial charge is 0.328 e. The van der Waals surface area contributed by atoms with Crippen molar-refractivity contribution in [2.24, 2.45) is 0 Å². The molecule has 2 aromatic rings. The summed E-state index contributed by atoms with van der Waals surface area (Å²) in [7, 11) is 0. The Labute approximate surface area is 125 Å². The van der Waals surface area contributed by atoms with Crippen LogP contribution in [0, 0.1) is 11.3 Å². The summed E-state index contributed by atoms with van der Waals surface area (Å²) in [6.07, 6.45) is 1.27. The molecule has 0 aliphatic heterocycles. The Morgan fingerprint density at radius 1 is 1.32 bits per heavy atom. The first kappa shape index (κ1) is 15.3. The molecule has 0 aliphatic rings. The van der Waals surface area contributed by atoms with E-state index in [2.05, 4.69) is 10.3 Å². The first-order valence-corrected chi connectivity index (χ1v) is 6.59. The Hall–Kier alpha value is -3.14. The number of hydrogen-bond donors (Lipinski definition) is 2. The molecule has 0 saturated carbocycles. The maximum Gasteiger partial charge on any atom is 0.328 e. The maximum atomic E-state index is 11.9. The number of benzene rings is 1. The second-order valence-corrected chi connectivity index (χ2v) is 4.76. The summed E-state index contributed by atoms with van der Waals surface area (Å²) in [5.41, 5.74) is 0.254. The van der Waals surface area contributed by atoms with Gasteiger partial charge in [-0.15, -0.1) is 0 Å². The van der Waals surface area contributed by atoms with Gasteiger partial charge in [0.05, 0.1) is 17.7 Å². The lowest BCUT2D eigenvalue weighted by Gasteiger charge is -2.14. The lowest BCUT2D eigenvalue weighted by Crippen LogP contribution is -2.36. The number of carbonyl (C=O) groups excluding carboxylic acids is 1. The third-order valence-electron chi connectivity index (χ3n) is 3.13. The summed E-state index contributed by atoms with van der Waals surface area (Å²) < 4.78 is 1.11. The number of H-pyrrole nitrogens is 1. The monoisotopic (exact) mass is 298 g/mol. The number of aromatic amines is 1. The van der Waals surface area contributed by atoms with E-state index in [1.165, 1.54) is 12.3 Å². The highest BCUT2D eigenvalue weighted by Gasteiger charge is 2.10. The Kier molecular flexibility index (Phi) is 4.53. The molecule has 1 aromatic heterocycles. The summed E-state index contributed by atoms with van der Waals surface area (Å²) >= 11 is 0. The molecule has 22 heavy (non-hydrogen) atoms. The topological polar surface area (TPSA) is 108 Å². The second-order valence-electron chi connectivity index (χ2n) is 4.76. The van der Waals surface area contributed by atoms with Crippen LogP contribution < -0.4 is 16.6 Å². The molecule has 0 spiro atoms. The number of nitrogens with zero attached hydrogens (tertiary/aromatic N) is 2. The quantitative estimate of drug-likeness (QED) is 0.845. The molecule has 1 heterocycles. The van der Waals surface area contributed by atoms with Crippen molar-refractivity contribution in [2.75, 3.05) is 0 Å². The third-order valence-corrected chi connectivity index (χ3v) is 3.13. The molecule has 0 bridgehead atoms. The predicted molar refractivity (Wildman–Crippen MR) is 79.0 cm³/mol. The molecule has 0 saturated heterocycles. The van der Waals surface area contributed by atoms with E-state index >= 15 is 0 Å². The standard InChI is InChI=1S/C15H14N4O3/c1-10(12-4-2-11(8-16)3-5-12)17-14(21)9-19-7-6-13(20)18-15(19)22/h2-7,10H,9H2,1H3,(H,17,21)(H,18,20,22)/t10-/m0/s1. The normalized spacial score (nSPS) is 11.5. The highest BCUT2D eigenvalue weighted by Crippen LogP contribution is 2.12. The van der Waals surface area contributed by atoms with Crippen LogP contribution in [0.5, 0.6) is 0 Å². The van der Waals surface area contributed by atoms with Crippen LogP contribution in [0.2, 0.25) is 0 Å². The lowest BCUT2D eigenvalue weighted by atomic mass is 10.1. The zero-order valence-corrected chi connectivity index (χ0v) is 11.9. The number of nitrogens with one attached hydrogen (secondary N) is 2. The van der Waals surface area contributed by atoms with Gasteiger partial charge in [0, 0.05) is 12.3 Å². The minimum Gasteiger partial charge on any atom is -0.348 e. The lowest BCUT2D eigenvalue weighted by molar-refractivity contribution is -0.122. The Bertz CT molecular complexity index is 827. The van der Waals surface area contributed by atoms with Crippen molar-refractivity contribution in [3.8, 4) is 6.07 Å². The maximum absolute atomic E-state index is 11.9. The number of aromatic nitrogens is 2. The van der Waals surface area contributed by atoms with Crippen LogP contribution in [0.3, 0.4) is 0 Å². The highest BCUT2D eigenvalue weighted by molar-refractivity contribution is 5.76. The molecule has 1 amide bonds. The van der Waals surface area contributed by atoms with Gasteiger partial charge in [0.1, 0.15) is 6.54 Å². The van der Waals surface area contributed by atoms with E-state index in [4.69, 9.17) is 5.26 Å². The van der Waals surface area contributed by atoms with Crippen LogP contribution >= 0.6 is 0 Å². The SMILES string of the molecule is C[C@H](NC(=O)Cn1ccc(=O)[nH]c1=O)c1ccc(C#N)cc1. The largest absolute Gasteiger partial charge is 0.348 e. The van der Waals surface area contributed by atoms with Crippen molar-refractivity contribution in [1.82, 2.24) is 14.9 Å². The van der Waals surface area contributed by atoms with Gasteiger partial charge in [-0.05, 0) is 24.6 Å². The molecular weight excluding hydrogens is 284 g/mol. The molecule has 0 radical (unpaired) electrons. The molecule has 0 unspecified atom stereocenters. The summed E-state index contributed by atoms with van der Waals surface area (Å²) in [5, 5.41) is 11.5. The molecule has 7 heteroatoms. The van der Waals surface area contributed by atoms with Crippen LogP contribution in [-0.2, 0) is 11.3 Å². The van der Waals surface area contributed by atoms with E-state index in [-0.39, 0.29) is 18.5 Å². The second kappa shape index (κ2) is 6.54. The predicted octanol–water partition coefficient (Wildman–Crippen LogP) is 0.286. The molecule has 0 aliphatic carbocycles. The first-order valence-electron chi connectivity index (χ1n) is 6.59. The van der Waals surface area contributed by atoms with Gasteiger partial charge in [0.25, 0.3) is 5.56 Å². The van der Waals surface area contributed by atoms with Gasteiger partial charge in [-0.3, -0.25) is 19.1 Å². The minimum atomic E-state index is -0.631. The van der Waals surface area contributed by atoms with Gasteiger partial charge in [-0.1, -0.05) is 12.1 Å². The average molecular weight is 298 g/mol. The molecular formula is C15H14N4O3. The average Bonchev–Trinajstić information content (AvgIpc) is 2.50. The highest BCUT2D eigenvalue weighted by atomic mass is 16.2. The zero-order chi connectivity index (χ0) is 16.1. The zero-order valence-electron chi connectivity index (χ0n) is 11.9. The van der Waals surface area contributed by atoms with Crippen molar-refractivity contribution in [3.05, 3.63) is 68.5 Å². The molecule has 1 atom stereocenters. The third kappa shape index (κ3) is 3.70. The fourth-order valence-electron chi connectivity index (χ4n) is 1.94. The summed E-state index contributed by atoms with van der Waals surface area (Å²) in [6.45, 7) is 1.62. The summed E-state index contributed by atoms with van der Waals surface area (Å²) in [6, 6.07) is 9.80. The number of hydrogen-bond acceptors (Lipinski definition) is 4. The van der Waals surface area contributed by atoms with Gasteiger partial charge < -0.3 is 5.32 Å². The van der Waals surface area contributed by atoms with E-state index in [0.717, 1.165) is 10.1 Å². The van der Waals surface area contributed by atoms with Crippen molar-refractivity contribution in [2.45, 2.75) is 19.5 Å². The molecule has 0 fully saturated rings. The van der Waals surface area contributed by atoms with Crippen LogP contribution in [0.15, 0.2) is 46.1 Å². The van der Waals surface area contributed by atoms with Gasteiger partial charge in [-0.2, -0.15) is 5.26 Å². The minimum absolute atomic E-state index is 0.184. The van der Waals surface area contributed by atoms with Crippen LogP contribution in [0.1, 0.15) is 24.1 Å². The molecule has 7 nitrogen and oxygen atoms in total. The Balaban J connectivity index is 2.03. The van der Waals surface area contributed by atoms with Gasteiger partial charge in [0.15, 0.2) is 0 Å². The first-order chi connectivity index (χ1) is 10.5. The summed E-state index contributed by atoms with van der Waals surface area (Å²) in [5.74, 6) is -0.356. The van der Waals surface area contributed by atoms with Crippen molar-refractivity contribution in [3.63, 3.8) is 0 Å².